The van der Waals surface area contributed by atoms with Crippen molar-refractivity contribution in [3.8, 4) is 0 Å². The molecule has 1 atom stereocenters. The Hall–Kier alpha value is -0.910. The molecule has 0 bridgehead atoms. The predicted molar refractivity (Wildman–Crippen MR) is 65.9 cm³/mol. The van der Waals surface area contributed by atoms with E-state index in [4.69, 9.17) is 5.11 Å². The fourth-order valence-corrected chi connectivity index (χ4v) is 3.54. The summed E-state index contributed by atoms with van der Waals surface area (Å²) in [6.45, 7) is 0.687. The van der Waals surface area contributed by atoms with E-state index in [0.29, 0.717) is 24.1 Å². The van der Waals surface area contributed by atoms with Crippen molar-refractivity contribution >= 4 is 23.8 Å². The molecular formula is C11H18N2O3S. The zero-order valence-electron chi connectivity index (χ0n) is 9.72. The van der Waals surface area contributed by atoms with E-state index in [-0.39, 0.29) is 6.03 Å². The molecular weight excluding hydrogens is 240 g/mol. The fraction of sp³-hybridized carbons (Fsp3) is 0.818. The Bertz CT molecular complexity index is 305. The number of aliphatic carboxylic acids is 1. The van der Waals surface area contributed by atoms with Gasteiger partial charge in [-0.1, -0.05) is 12.8 Å². The third-order valence-corrected chi connectivity index (χ3v) is 4.46. The fourth-order valence-electron chi connectivity index (χ4n) is 2.40. The van der Waals surface area contributed by atoms with Crippen molar-refractivity contribution in [3.63, 3.8) is 0 Å². The molecule has 0 aromatic carbocycles. The highest BCUT2D eigenvalue weighted by Gasteiger charge is 2.34. The van der Waals surface area contributed by atoms with E-state index in [0.717, 1.165) is 0 Å². The molecule has 1 heterocycles. The van der Waals surface area contributed by atoms with Crippen LogP contribution in [0.2, 0.25) is 0 Å². The summed E-state index contributed by atoms with van der Waals surface area (Å²) in [7, 11) is 0. The lowest BCUT2D eigenvalue weighted by Crippen LogP contribution is -2.47. The number of carboxylic acid groups (broad SMARTS) is 1. The Morgan fingerprint density at radius 2 is 2.06 bits per heavy atom. The van der Waals surface area contributed by atoms with Gasteiger partial charge in [-0.25, -0.2) is 9.59 Å². The predicted octanol–water partition coefficient (Wildman–Crippen LogP) is 1.35. The van der Waals surface area contributed by atoms with E-state index in [9.17, 15) is 9.59 Å². The highest BCUT2D eigenvalue weighted by atomic mass is 32.2. The van der Waals surface area contributed by atoms with E-state index in [1.165, 1.54) is 42.3 Å². The third-order valence-electron chi connectivity index (χ3n) is 3.44. The van der Waals surface area contributed by atoms with Crippen LogP contribution in [0.15, 0.2) is 0 Å². The monoisotopic (exact) mass is 258 g/mol. The van der Waals surface area contributed by atoms with Crippen LogP contribution in [0, 0.1) is 5.92 Å². The summed E-state index contributed by atoms with van der Waals surface area (Å²) in [5.41, 5.74) is 0. The van der Waals surface area contributed by atoms with Crippen molar-refractivity contribution in [1.29, 1.82) is 0 Å². The molecule has 1 saturated carbocycles. The molecule has 1 saturated heterocycles. The average molecular weight is 258 g/mol. The van der Waals surface area contributed by atoms with Gasteiger partial charge in [0.25, 0.3) is 0 Å². The van der Waals surface area contributed by atoms with E-state index in [2.05, 4.69) is 5.32 Å². The topological polar surface area (TPSA) is 69.6 Å². The maximum Gasteiger partial charge on any atom is 0.327 e. The first-order chi connectivity index (χ1) is 8.18. The van der Waals surface area contributed by atoms with Gasteiger partial charge in [0.15, 0.2) is 0 Å². The maximum atomic E-state index is 11.9. The molecule has 2 fully saturated rings. The Labute approximate surface area is 105 Å². The summed E-state index contributed by atoms with van der Waals surface area (Å²) in [5, 5.41) is 11.8. The van der Waals surface area contributed by atoms with Crippen LogP contribution in [0.1, 0.15) is 25.7 Å². The van der Waals surface area contributed by atoms with Crippen LogP contribution >= 0.6 is 11.8 Å². The molecule has 17 heavy (non-hydrogen) atoms. The van der Waals surface area contributed by atoms with Crippen molar-refractivity contribution in [2.24, 2.45) is 5.92 Å². The molecule has 5 nitrogen and oxygen atoms in total. The minimum Gasteiger partial charge on any atom is -0.480 e. The number of thioether (sulfide) groups is 1. The lowest BCUT2D eigenvalue weighted by atomic mass is 10.1. The van der Waals surface area contributed by atoms with Crippen LogP contribution in [0.25, 0.3) is 0 Å². The summed E-state index contributed by atoms with van der Waals surface area (Å²) in [5.74, 6) is 0.642. The SMILES string of the molecule is O=C(O)C1CSCN1C(=O)NCC1CCCC1. The van der Waals surface area contributed by atoms with Gasteiger partial charge < -0.3 is 15.3 Å². The van der Waals surface area contributed by atoms with Crippen molar-refractivity contribution in [3.05, 3.63) is 0 Å². The Balaban J connectivity index is 1.80. The highest BCUT2D eigenvalue weighted by Crippen LogP contribution is 2.24. The van der Waals surface area contributed by atoms with Gasteiger partial charge >= 0.3 is 12.0 Å². The lowest BCUT2D eigenvalue weighted by Gasteiger charge is -2.22. The molecule has 2 rings (SSSR count). The van der Waals surface area contributed by atoms with Crippen LogP contribution in [0.5, 0.6) is 0 Å². The van der Waals surface area contributed by atoms with Gasteiger partial charge in [0.1, 0.15) is 6.04 Å². The van der Waals surface area contributed by atoms with E-state index < -0.39 is 12.0 Å². The minimum absolute atomic E-state index is 0.227. The number of hydrogen-bond donors (Lipinski definition) is 2. The molecule has 1 unspecified atom stereocenters. The third kappa shape index (κ3) is 3.06. The number of hydrogen-bond acceptors (Lipinski definition) is 3. The number of nitrogens with one attached hydrogen (secondary N) is 1. The van der Waals surface area contributed by atoms with Crippen LogP contribution in [-0.2, 0) is 4.79 Å². The summed E-state index contributed by atoms with van der Waals surface area (Å²) >= 11 is 1.49. The molecule has 2 amide bonds. The first-order valence-corrected chi connectivity index (χ1v) is 7.19. The largest absolute Gasteiger partial charge is 0.480 e. The quantitative estimate of drug-likeness (QED) is 0.801. The molecule has 2 N–H and O–H groups in total. The van der Waals surface area contributed by atoms with Crippen LogP contribution < -0.4 is 5.32 Å². The molecule has 1 aliphatic heterocycles. The Morgan fingerprint density at radius 3 is 2.71 bits per heavy atom. The second-order valence-electron chi connectivity index (χ2n) is 4.66. The summed E-state index contributed by atoms with van der Waals surface area (Å²) in [6, 6.07) is -0.891. The first kappa shape index (κ1) is 12.5. The number of carbonyl (C=O) groups excluding carboxylic acids is 1. The Morgan fingerprint density at radius 1 is 1.35 bits per heavy atom. The second kappa shape index (κ2) is 5.62. The second-order valence-corrected chi connectivity index (χ2v) is 5.66. The Kier molecular flexibility index (Phi) is 4.15. The van der Waals surface area contributed by atoms with Crippen LogP contribution in [0.3, 0.4) is 0 Å². The van der Waals surface area contributed by atoms with Crippen molar-refractivity contribution in [1.82, 2.24) is 10.2 Å². The average Bonchev–Trinajstić information content (AvgIpc) is 2.96. The van der Waals surface area contributed by atoms with Gasteiger partial charge in [-0.2, -0.15) is 0 Å². The first-order valence-electron chi connectivity index (χ1n) is 6.03. The number of rotatable bonds is 3. The molecule has 96 valence electrons. The molecule has 0 radical (unpaired) electrons. The van der Waals surface area contributed by atoms with Gasteiger partial charge in [0.05, 0.1) is 5.88 Å². The molecule has 0 aromatic heterocycles. The van der Waals surface area contributed by atoms with E-state index in [1.807, 2.05) is 0 Å². The van der Waals surface area contributed by atoms with Gasteiger partial charge in [-0.05, 0) is 18.8 Å². The number of nitrogens with zero attached hydrogens (tertiary/aromatic N) is 1. The molecule has 1 aliphatic carbocycles. The molecule has 6 heteroatoms. The normalized spacial score (nSPS) is 25.2. The van der Waals surface area contributed by atoms with Gasteiger partial charge in [-0.15, -0.1) is 11.8 Å². The molecule has 0 spiro atoms. The molecule has 0 aromatic rings. The number of carboxylic acids is 1. The van der Waals surface area contributed by atoms with Crippen molar-refractivity contribution in [2.45, 2.75) is 31.7 Å². The van der Waals surface area contributed by atoms with E-state index >= 15 is 0 Å². The van der Waals surface area contributed by atoms with E-state index in [1.54, 1.807) is 0 Å². The van der Waals surface area contributed by atoms with Gasteiger partial charge in [0.2, 0.25) is 0 Å². The standard InChI is InChI=1S/C11H18N2O3S/c14-10(15)9-6-17-7-13(9)11(16)12-5-8-3-1-2-4-8/h8-9H,1-7H2,(H,12,16)(H,14,15). The number of urea groups is 1. The minimum atomic E-state index is -0.911. The van der Waals surface area contributed by atoms with Crippen molar-refractivity contribution in [2.75, 3.05) is 18.2 Å². The summed E-state index contributed by atoms with van der Waals surface area (Å²) in [4.78, 5) is 24.2. The summed E-state index contributed by atoms with van der Waals surface area (Å²) < 4.78 is 0. The smallest absolute Gasteiger partial charge is 0.327 e. The van der Waals surface area contributed by atoms with Crippen molar-refractivity contribution < 1.29 is 14.7 Å². The van der Waals surface area contributed by atoms with Gasteiger partial charge in [0, 0.05) is 12.3 Å². The zero-order chi connectivity index (χ0) is 12.3. The molecule has 2 aliphatic rings. The number of amides is 2. The number of carbonyl (C=O) groups is 2. The van der Waals surface area contributed by atoms with Crippen LogP contribution in [0.4, 0.5) is 4.79 Å². The van der Waals surface area contributed by atoms with Gasteiger partial charge in [-0.3, -0.25) is 0 Å². The summed E-state index contributed by atoms with van der Waals surface area (Å²) in [6.07, 6.45) is 4.85. The zero-order valence-corrected chi connectivity index (χ0v) is 10.5. The maximum absolute atomic E-state index is 11.9. The van der Waals surface area contributed by atoms with Crippen LogP contribution in [-0.4, -0.2) is 46.2 Å². The lowest BCUT2D eigenvalue weighted by molar-refractivity contribution is -0.140. The highest BCUT2D eigenvalue weighted by molar-refractivity contribution is 7.99.